The third-order valence-corrected chi connectivity index (χ3v) is 7.05. The molecule has 0 radical (unpaired) electrons. The van der Waals surface area contributed by atoms with Gasteiger partial charge in [-0.2, -0.15) is 48.3 Å². The smallest absolute Gasteiger partial charge is 0.311 e. The van der Waals surface area contributed by atoms with E-state index in [9.17, 15) is 62.3 Å². The third kappa shape index (κ3) is 6.18. The van der Waals surface area contributed by atoms with E-state index in [2.05, 4.69) is 21.1 Å². The minimum Gasteiger partial charge on any atom is -0.311 e. The van der Waals surface area contributed by atoms with E-state index in [1.807, 2.05) is 0 Å². The first-order valence-corrected chi connectivity index (χ1v) is 12.5. The molecule has 2 amide bonds. The lowest BCUT2D eigenvalue weighted by atomic mass is 9.86. The number of benzene rings is 2. The van der Waals surface area contributed by atoms with Crippen molar-refractivity contribution in [2.75, 3.05) is 15.9 Å². The Morgan fingerprint density at radius 2 is 1.41 bits per heavy atom. The highest BCUT2D eigenvalue weighted by Crippen LogP contribution is 2.59. The fourth-order valence-corrected chi connectivity index (χ4v) is 4.49. The van der Waals surface area contributed by atoms with E-state index in [-0.39, 0.29) is 32.5 Å². The number of alkyl halides is 12. The SMILES string of the molecule is CN(C(=O)c1cccnc1Cl)c1cccc(C(=O)N(Br)c2ccc(C(F)(C(F)(F)F)C(F)(F)C(F)(F)F)cc2C(F)(F)F)c1. The topological polar surface area (TPSA) is 53.5 Å². The number of pyridine rings is 1. The zero-order chi connectivity index (χ0) is 33.6. The number of halogens is 14. The zero-order valence-corrected chi connectivity index (χ0v) is 23.6. The maximum atomic E-state index is 14.9. The van der Waals surface area contributed by atoms with Gasteiger partial charge in [0.1, 0.15) is 5.15 Å². The fourth-order valence-electron chi connectivity index (χ4n) is 3.78. The van der Waals surface area contributed by atoms with E-state index < -0.39 is 70.4 Å². The molecule has 0 bridgehead atoms. The molecule has 1 unspecified atom stereocenters. The van der Waals surface area contributed by atoms with Gasteiger partial charge in [-0.25, -0.2) is 13.3 Å². The number of aromatic nitrogens is 1. The summed E-state index contributed by atoms with van der Waals surface area (Å²) < 4.78 is 163. The number of carbonyl (C=O) groups is 2. The van der Waals surface area contributed by atoms with Crippen LogP contribution in [0.3, 0.4) is 0 Å². The maximum Gasteiger partial charge on any atom is 0.457 e. The first-order chi connectivity index (χ1) is 20.0. The van der Waals surface area contributed by atoms with Gasteiger partial charge < -0.3 is 4.90 Å². The molecular formula is C25H13BrClF12N3O2. The molecule has 44 heavy (non-hydrogen) atoms. The summed E-state index contributed by atoms with van der Waals surface area (Å²) in [5.41, 5.74) is -13.7. The number of rotatable bonds is 6. The van der Waals surface area contributed by atoms with E-state index in [1.54, 1.807) is 0 Å². The van der Waals surface area contributed by atoms with Crippen LogP contribution in [0.1, 0.15) is 31.8 Å². The van der Waals surface area contributed by atoms with Gasteiger partial charge in [-0.15, -0.1) is 0 Å². The average molecular weight is 731 g/mol. The fraction of sp³-hybridized carbons (Fsp3) is 0.240. The molecule has 238 valence electrons. The standard InChI is InChI=1S/C25H13BrClF12N3O2/c1-41(20(44)15-6-3-9-40-18(15)27)14-5-2-4-12(10-14)19(43)42(26)17-8-7-13(11-16(17)22(29,30)31)21(28,24(34,35)36)23(32,33)25(37,38)39/h2-11H,1H3. The van der Waals surface area contributed by atoms with Crippen LogP contribution < -0.4 is 8.83 Å². The molecule has 0 spiro atoms. The van der Waals surface area contributed by atoms with Crippen molar-refractivity contribution in [2.24, 2.45) is 0 Å². The molecule has 1 heterocycles. The first-order valence-electron chi connectivity index (χ1n) is 11.4. The van der Waals surface area contributed by atoms with Gasteiger partial charge in [0.15, 0.2) is 0 Å². The third-order valence-electron chi connectivity index (χ3n) is 6.04. The molecule has 0 aliphatic carbocycles. The lowest BCUT2D eigenvalue weighted by Crippen LogP contribution is -2.59. The predicted molar refractivity (Wildman–Crippen MR) is 135 cm³/mol. The molecule has 0 saturated carbocycles. The monoisotopic (exact) mass is 729 g/mol. The Morgan fingerprint density at radius 3 is 1.93 bits per heavy atom. The second-order valence-electron chi connectivity index (χ2n) is 8.80. The minimum absolute atomic E-state index is 0.00786. The average Bonchev–Trinajstić information content (AvgIpc) is 2.93. The van der Waals surface area contributed by atoms with Crippen LogP contribution in [-0.2, 0) is 11.8 Å². The van der Waals surface area contributed by atoms with E-state index in [1.165, 1.54) is 37.5 Å². The molecule has 3 aromatic rings. The van der Waals surface area contributed by atoms with Gasteiger partial charge in [0.2, 0.25) is 0 Å². The molecule has 1 aromatic heterocycles. The van der Waals surface area contributed by atoms with Crippen molar-refractivity contribution in [3.05, 3.63) is 88.2 Å². The Balaban J connectivity index is 2.09. The van der Waals surface area contributed by atoms with E-state index in [0.29, 0.717) is 0 Å². The Hall–Kier alpha value is -3.54. The van der Waals surface area contributed by atoms with Crippen LogP contribution in [0.25, 0.3) is 0 Å². The summed E-state index contributed by atoms with van der Waals surface area (Å²) in [7, 11) is 1.24. The van der Waals surface area contributed by atoms with Crippen molar-refractivity contribution in [3.63, 3.8) is 0 Å². The molecular weight excluding hydrogens is 718 g/mol. The number of hydrogen-bond donors (Lipinski definition) is 0. The highest BCUT2D eigenvalue weighted by Gasteiger charge is 2.81. The Morgan fingerprint density at radius 1 is 0.795 bits per heavy atom. The second kappa shape index (κ2) is 11.8. The van der Waals surface area contributed by atoms with Crippen molar-refractivity contribution in [1.82, 2.24) is 4.98 Å². The molecule has 0 fully saturated rings. The van der Waals surface area contributed by atoms with Crippen LogP contribution in [0.15, 0.2) is 60.8 Å². The summed E-state index contributed by atoms with van der Waals surface area (Å²) >= 11 is 8.39. The van der Waals surface area contributed by atoms with Crippen LogP contribution >= 0.6 is 27.7 Å². The van der Waals surface area contributed by atoms with Crippen molar-refractivity contribution >= 4 is 50.9 Å². The van der Waals surface area contributed by atoms with Crippen molar-refractivity contribution in [1.29, 1.82) is 0 Å². The largest absolute Gasteiger partial charge is 0.457 e. The molecule has 0 aliphatic heterocycles. The number of anilines is 2. The van der Waals surface area contributed by atoms with Crippen molar-refractivity contribution in [3.8, 4) is 0 Å². The van der Waals surface area contributed by atoms with Gasteiger partial charge in [0.05, 0.1) is 33.0 Å². The van der Waals surface area contributed by atoms with Gasteiger partial charge in [-0.05, 0) is 42.5 Å². The predicted octanol–water partition coefficient (Wildman–Crippen LogP) is 8.91. The summed E-state index contributed by atoms with van der Waals surface area (Å²) in [6, 6.07) is 5.85. The lowest BCUT2D eigenvalue weighted by Gasteiger charge is -2.36. The van der Waals surface area contributed by atoms with Gasteiger partial charge >= 0.3 is 30.1 Å². The Bertz CT molecular complexity index is 1580. The van der Waals surface area contributed by atoms with Gasteiger partial charge in [0, 0.05) is 30.1 Å². The van der Waals surface area contributed by atoms with Crippen LogP contribution in [0.5, 0.6) is 0 Å². The highest BCUT2D eigenvalue weighted by molar-refractivity contribution is 9.10. The number of hydrogen-bond acceptors (Lipinski definition) is 3. The summed E-state index contributed by atoms with van der Waals surface area (Å²) in [5, 5.41) is -0.179. The Labute approximate surface area is 252 Å². The number of nitrogens with zero attached hydrogens (tertiary/aromatic N) is 3. The van der Waals surface area contributed by atoms with Gasteiger partial charge in [-0.1, -0.05) is 23.7 Å². The summed E-state index contributed by atoms with van der Waals surface area (Å²) in [5.74, 6) is -9.34. The van der Waals surface area contributed by atoms with E-state index in [0.717, 1.165) is 17.0 Å². The summed E-state index contributed by atoms with van der Waals surface area (Å²) in [4.78, 5) is 30.6. The van der Waals surface area contributed by atoms with Gasteiger partial charge in [-0.3, -0.25) is 9.59 Å². The molecule has 2 aromatic carbocycles. The quantitative estimate of drug-likeness (QED) is 0.145. The van der Waals surface area contributed by atoms with Crippen LogP contribution in [0, 0.1) is 0 Å². The maximum absolute atomic E-state index is 14.9. The molecule has 3 rings (SSSR count). The zero-order valence-electron chi connectivity index (χ0n) is 21.2. The lowest BCUT2D eigenvalue weighted by molar-refractivity contribution is -0.389. The summed E-state index contributed by atoms with van der Waals surface area (Å²) in [6.45, 7) is 0. The highest BCUT2D eigenvalue weighted by atomic mass is 79.9. The molecule has 0 N–H and O–H groups in total. The molecule has 5 nitrogen and oxygen atoms in total. The normalized spacial score (nSPS) is 14.2. The van der Waals surface area contributed by atoms with Crippen LogP contribution in [-0.4, -0.2) is 42.1 Å². The number of amides is 2. The second-order valence-corrected chi connectivity index (χ2v) is 9.87. The van der Waals surface area contributed by atoms with E-state index >= 15 is 0 Å². The molecule has 0 aliphatic rings. The van der Waals surface area contributed by atoms with Crippen LogP contribution in [0.4, 0.5) is 64.1 Å². The Kier molecular flexibility index (Phi) is 9.34. The van der Waals surface area contributed by atoms with Gasteiger partial charge in [0.25, 0.3) is 11.8 Å². The minimum atomic E-state index is -7.23. The molecule has 1 atom stereocenters. The number of carbonyl (C=O) groups excluding carboxylic acids is 2. The first kappa shape index (κ1) is 34.9. The molecule has 19 heteroatoms. The van der Waals surface area contributed by atoms with Crippen molar-refractivity contribution in [2.45, 2.75) is 30.1 Å². The van der Waals surface area contributed by atoms with Crippen LogP contribution in [0.2, 0.25) is 5.15 Å². The summed E-state index contributed by atoms with van der Waals surface area (Å²) in [6.07, 6.45) is -18.7. The van der Waals surface area contributed by atoms with Crippen molar-refractivity contribution < 1.29 is 62.3 Å². The van der Waals surface area contributed by atoms with E-state index in [4.69, 9.17) is 11.6 Å². The molecule has 0 saturated heterocycles.